The predicted molar refractivity (Wildman–Crippen MR) is 229 cm³/mol. The van der Waals surface area contributed by atoms with Crippen molar-refractivity contribution in [2.45, 2.75) is 115 Å². The van der Waals surface area contributed by atoms with Crippen LogP contribution in [-0.2, 0) is 40.0 Å². The maximum absolute atomic E-state index is 14.2. The molecule has 21 nitrogen and oxygen atoms in total. The third-order valence-electron chi connectivity index (χ3n) is 9.98. The lowest BCUT2D eigenvalue weighted by Gasteiger charge is -2.29. The Morgan fingerprint density at radius 1 is 0.787 bits per heavy atom. The Bertz CT molecular complexity index is 1800. The minimum atomic E-state index is -1.42. The van der Waals surface area contributed by atoms with Crippen LogP contribution >= 0.6 is 0 Å². The number of unbranched alkanes of at least 4 members (excludes halogenated alkanes) is 1. The van der Waals surface area contributed by atoms with E-state index in [4.69, 9.17) is 22.9 Å². The molecule has 0 aliphatic rings. The van der Waals surface area contributed by atoms with Gasteiger partial charge < -0.3 is 70.0 Å². The number of carbonyl (C=O) groups is 7. The third-order valence-corrected chi connectivity index (χ3v) is 9.98. The van der Waals surface area contributed by atoms with E-state index in [0.717, 1.165) is 10.9 Å². The second-order valence-electron chi connectivity index (χ2n) is 15.4. The van der Waals surface area contributed by atoms with Crippen molar-refractivity contribution in [2.75, 3.05) is 26.2 Å². The number of para-hydroxylation sites is 1. The molecule has 1 aromatic heterocycles. The van der Waals surface area contributed by atoms with Crippen LogP contribution in [0.1, 0.15) is 78.2 Å². The summed E-state index contributed by atoms with van der Waals surface area (Å²) in [6, 6.07) is -0.0372. The maximum atomic E-state index is 14.2. The van der Waals surface area contributed by atoms with Crippen molar-refractivity contribution in [3.05, 3.63) is 36.0 Å². The number of carboxylic acid groups (broad SMARTS) is 1. The molecule has 0 radical (unpaired) electrons. The lowest BCUT2D eigenvalue weighted by atomic mass is 9.96. The zero-order chi connectivity index (χ0) is 45.6. The van der Waals surface area contributed by atoms with Crippen molar-refractivity contribution >= 4 is 58.3 Å². The number of carboxylic acids is 1. The van der Waals surface area contributed by atoms with Gasteiger partial charge in [0.15, 0.2) is 5.96 Å². The number of nitrogens with one attached hydrogen (secondary N) is 7. The molecule has 0 aliphatic heterocycles. The molecule has 0 unspecified atom stereocenters. The van der Waals surface area contributed by atoms with Crippen molar-refractivity contribution in [1.29, 1.82) is 0 Å². The molecule has 340 valence electrons. The van der Waals surface area contributed by atoms with Crippen molar-refractivity contribution in [3.8, 4) is 0 Å². The second-order valence-corrected chi connectivity index (χ2v) is 15.4. The van der Waals surface area contributed by atoms with E-state index >= 15 is 0 Å². The van der Waals surface area contributed by atoms with Crippen LogP contribution in [0.15, 0.2) is 35.5 Å². The molecular formula is C40H66N12O9. The summed E-state index contributed by atoms with van der Waals surface area (Å²) in [5.74, 6) is -6.36. The number of aliphatic hydroxyl groups is 1. The number of aliphatic carboxylic acids is 1. The molecule has 2 rings (SSSR count). The highest BCUT2D eigenvalue weighted by Gasteiger charge is 2.34. The zero-order valence-electron chi connectivity index (χ0n) is 35.5. The molecule has 0 saturated carbocycles. The van der Waals surface area contributed by atoms with E-state index in [-0.39, 0.29) is 44.1 Å². The highest BCUT2D eigenvalue weighted by Crippen LogP contribution is 2.20. The number of aromatic amines is 1. The number of nitrogens with two attached hydrogens (primary N) is 4. The molecule has 1 heterocycles. The van der Waals surface area contributed by atoms with Gasteiger partial charge in [-0.15, -0.1) is 0 Å². The van der Waals surface area contributed by atoms with Gasteiger partial charge in [-0.25, -0.2) is 4.79 Å². The number of benzene rings is 1. The van der Waals surface area contributed by atoms with Gasteiger partial charge in [-0.1, -0.05) is 52.3 Å². The minimum Gasteiger partial charge on any atom is -0.480 e. The van der Waals surface area contributed by atoms with Crippen LogP contribution in [0.5, 0.6) is 0 Å². The Morgan fingerprint density at radius 2 is 1.43 bits per heavy atom. The van der Waals surface area contributed by atoms with Gasteiger partial charge in [-0.3, -0.25) is 33.8 Å². The number of fused-ring (bicyclic) bond motifs is 1. The molecule has 0 saturated heterocycles. The van der Waals surface area contributed by atoms with E-state index in [1.165, 1.54) is 0 Å². The first-order valence-electron chi connectivity index (χ1n) is 20.6. The largest absolute Gasteiger partial charge is 0.480 e. The molecule has 0 aliphatic carbocycles. The van der Waals surface area contributed by atoms with Crippen LogP contribution in [0.3, 0.4) is 0 Å². The van der Waals surface area contributed by atoms with Gasteiger partial charge in [0.2, 0.25) is 35.4 Å². The van der Waals surface area contributed by atoms with Crippen LogP contribution in [0.2, 0.25) is 0 Å². The second kappa shape index (κ2) is 26.4. The summed E-state index contributed by atoms with van der Waals surface area (Å²) in [4.78, 5) is 99.4. The summed E-state index contributed by atoms with van der Waals surface area (Å²) in [5.41, 5.74) is 23.7. The van der Waals surface area contributed by atoms with Crippen LogP contribution < -0.4 is 54.8 Å². The number of H-pyrrole nitrogens is 1. The van der Waals surface area contributed by atoms with Crippen molar-refractivity contribution < 1.29 is 43.8 Å². The molecule has 2 aromatic rings. The van der Waals surface area contributed by atoms with Crippen LogP contribution in [-0.4, -0.2) is 125 Å². The highest BCUT2D eigenvalue weighted by molar-refractivity contribution is 5.97. The van der Waals surface area contributed by atoms with E-state index in [0.29, 0.717) is 37.8 Å². The lowest BCUT2D eigenvalue weighted by molar-refractivity contribution is -0.142. The SMILES string of the molecule is CC[C@H](C)[C@H](NC(=O)[C@H](CCCCN)NC(=O)[C@H](CO)NC(=O)[C@@H](N)CC(C)C)C(=O)N[C@@H](Cc1c[nH]c2ccccc12)C(=O)NCC(=O)N[C@@H](CCCN=C(N)N)C(=O)O. The highest BCUT2D eigenvalue weighted by atomic mass is 16.4. The number of rotatable bonds is 28. The number of aliphatic hydroxyl groups excluding tert-OH is 1. The molecule has 61 heavy (non-hydrogen) atoms. The fraction of sp³-hybridized carbons (Fsp3) is 0.600. The van der Waals surface area contributed by atoms with Crippen molar-refractivity contribution in [3.63, 3.8) is 0 Å². The van der Waals surface area contributed by atoms with E-state index < -0.39 is 96.7 Å². The Hall–Kier alpha value is -5.80. The normalized spacial score (nSPS) is 14.6. The number of nitrogens with zero attached hydrogens (tertiary/aromatic N) is 1. The summed E-state index contributed by atoms with van der Waals surface area (Å²) in [6.45, 7) is 6.34. The number of hydrogen-bond acceptors (Lipinski definition) is 11. The minimum absolute atomic E-state index is 0.0110. The summed E-state index contributed by atoms with van der Waals surface area (Å²) in [7, 11) is 0. The summed E-state index contributed by atoms with van der Waals surface area (Å²) < 4.78 is 0. The summed E-state index contributed by atoms with van der Waals surface area (Å²) in [6.07, 6.45) is 3.69. The first-order valence-corrected chi connectivity index (χ1v) is 20.6. The zero-order valence-corrected chi connectivity index (χ0v) is 35.5. The van der Waals surface area contributed by atoms with Gasteiger partial charge in [0.1, 0.15) is 30.2 Å². The summed E-state index contributed by atoms with van der Waals surface area (Å²) in [5, 5.41) is 35.7. The van der Waals surface area contributed by atoms with Gasteiger partial charge in [0.25, 0.3) is 0 Å². The van der Waals surface area contributed by atoms with Crippen molar-refractivity contribution in [1.82, 2.24) is 36.9 Å². The number of carbonyl (C=O) groups excluding carboxylic acids is 6. The van der Waals surface area contributed by atoms with Crippen LogP contribution in [0, 0.1) is 11.8 Å². The molecule has 0 bridgehead atoms. The average Bonchev–Trinajstić information content (AvgIpc) is 3.62. The predicted octanol–water partition coefficient (Wildman–Crippen LogP) is -2.07. The van der Waals surface area contributed by atoms with Crippen LogP contribution in [0.4, 0.5) is 0 Å². The standard InChI is InChI=1S/C40H66N12O9/c1-5-23(4)33(52-36(57)28(13-8-9-15-41)49-37(58)31(21-53)51-34(55)26(42)17-22(2)3)38(59)50-30(18-24-19-46-27-12-7-6-11-25(24)27)35(56)47-20-32(54)48-29(39(60)61)14-10-16-45-40(43)44/h6-7,11-12,19,22-23,26,28-31,33,46,53H,5,8-10,13-18,20-21,41-42H2,1-4H3,(H,47,56)(H,48,54)(H,49,58)(H,50,59)(H,51,55)(H,52,57)(H,60,61)(H4,43,44,45)/t23-,26-,28-,29-,30-,31-,33-/m0/s1. The number of aromatic nitrogens is 1. The maximum Gasteiger partial charge on any atom is 0.326 e. The molecular weight excluding hydrogens is 793 g/mol. The summed E-state index contributed by atoms with van der Waals surface area (Å²) >= 11 is 0. The van der Waals surface area contributed by atoms with E-state index in [2.05, 4.69) is 41.9 Å². The van der Waals surface area contributed by atoms with E-state index in [1.807, 2.05) is 38.1 Å². The fourth-order valence-electron chi connectivity index (χ4n) is 6.37. The quantitative estimate of drug-likeness (QED) is 0.0249. The van der Waals surface area contributed by atoms with Gasteiger partial charge in [0, 0.05) is 30.1 Å². The van der Waals surface area contributed by atoms with Gasteiger partial charge in [-0.05, 0) is 68.5 Å². The first-order chi connectivity index (χ1) is 28.9. The smallest absolute Gasteiger partial charge is 0.326 e. The molecule has 0 fully saturated rings. The Morgan fingerprint density at radius 3 is 2.05 bits per heavy atom. The van der Waals surface area contributed by atoms with Gasteiger partial charge >= 0.3 is 5.97 Å². The van der Waals surface area contributed by atoms with Gasteiger partial charge in [-0.2, -0.15) is 0 Å². The topological polar surface area (TPSA) is 364 Å². The Balaban J connectivity index is 2.32. The number of amides is 6. The Labute approximate surface area is 355 Å². The van der Waals surface area contributed by atoms with Crippen LogP contribution in [0.25, 0.3) is 10.9 Å². The monoisotopic (exact) mass is 859 g/mol. The molecule has 6 amide bonds. The Kier molecular flexibility index (Phi) is 22.2. The molecule has 1 aromatic carbocycles. The molecule has 21 heteroatoms. The molecule has 7 atom stereocenters. The number of aliphatic imine (C=N–C) groups is 1. The lowest BCUT2D eigenvalue weighted by Crippen LogP contribution is -2.60. The van der Waals surface area contributed by atoms with E-state index in [9.17, 15) is 43.8 Å². The average molecular weight is 859 g/mol. The number of guanidine groups is 1. The third kappa shape index (κ3) is 17.8. The van der Waals surface area contributed by atoms with Crippen molar-refractivity contribution in [2.24, 2.45) is 39.8 Å². The molecule has 17 N–H and O–H groups in total. The van der Waals surface area contributed by atoms with Gasteiger partial charge in [0.05, 0.1) is 19.2 Å². The van der Waals surface area contributed by atoms with E-state index in [1.54, 1.807) is 20.0 Å². The molecule has 0 spiro atoms. The fourth-order valence-corrected chi connectivity index (χ4v) is 6.37. The number of hydrogen-bond donors (Lipinski definition) is 13. The first kappa shape index (κ1) is 51.3.